The third kappa shape index (κ3) is 5.22. The Morgan fingerprint density at radius 1 is 1.38 bits per heavy atom. The third-order valence-electron chi connectivity index (χ3n) is 3.03. The average Bonchev–Trinajstić information content (AvgIpc) is 2.42. The zero-order chi connectivity index (χ0) is 16.0. The van der Waals surface area contributed by atoms with Gasteiger partial charge in [0.15, 0.2) is 0 Å². The molecule has 4 heteroatoms. The molecule has 0 aliphatic heterocycles. The zero-order valence-corrected chi connectivity index (χ0v) is 13.1. The summed E-state index contributed by atoms with van der Waals surface area (Å²) in [6, 6.07) is 5.33. The number of carbonyl (C=O) groups is 1. The van der Waals surface area contributed by atoms with Crippen molar-refractivity contribution in [3.63, 3.8) is 0 Å². The highest BCUT2D eigenvalue weighted by Gasteiger charge is 2.22. The molecule has 1 aromatic rings. The fourth-order valence-corrected chi connectivity index (χ4v) is 2.00. The molecule has 0 heterocycles. The highest BCUT2D eigenvalue weighted by atomic mass is 16.3. The number of rotatable bonds is 4. The lowest BCUT2D eigenvalue weighted by molar-refractivity contribution is 0.0314. The van der Waals surface area contributed by atoms with Crippen molar-refractivity contribution in [3.8, 4) is 11.8 Å². The number of aliphatic hydroxyl groups is 2. The van der Waals surface area contributed by atoms with Crippen LogP contribution in [0.5, 0.6) is 0 Å². The monoisotopic (exact) mass is 289 g/mol. The second-order valence-corrected chi connectivity index (χ2v) is 5.62. The molecule has 0 unspecified atom stereocenters. The Labute approximate surface area is 126 Å². The van der Waals surface area contributed by atoms with Gasteiger partial charge in [0.05, 0.1) is 5.60 Å². The van der Waals surface area contributed by atoms with Gasteiger partial charge in [0.1, 0.15) is 6.61 Å². The molecule has 4 nitrogen and oxygen atoms in total. The lowest BCUT2D eigenvalue weighted by Crippen LogP contribution is -2.42. The van der Waals surface area contributed by atoms with Gasteiger partial charge in [-0.05, 0) is 45.4 Å². The second kappa shape index (κ2) is 7.26. The molecule has 2 N–H and O–H groups in total. The Balaban J connectivity index is 3.06. The molecule has 0 spiro atoms. The summed E-state index contributed by atoms with van der Waals surface area (Å²) in [7, 11) is 0. The molecular formula is C17H23NO3. The Kier molecular flexibility index (Phi) is 5.95. The summed E-state index contributed by atoms with van der Waals surface area (Å²) in [5.41, 5.74) is 1.29. The molecule has 0 radical (unpaired) electrons. The summed E-state index contributed by atoms with van der Waals surface area (Å²) in [6.45, 7) is 7.72. The van der Waals surface area contributed by atoms with Crippen LogP contribution in [0.25, 0.3) is 0 Å². The Morgan fingerprint density at radius 3 is 2.57 bits per heavy atom. The summed E-state index contributed by atoms with van der Waals surface area (Å²) in [4.78, 5) is 14.1. The van der Waals surface area contributed by atoms with E-state index >= 15 is 0 Å². The van der Waals surface area contributed by atoms with E-state index in [1.54, 1.807) is 30.9 Å². The normalized spacial score (nSPS) is 10.8. The van der Waals surface area contributed by atoms with E-state index in [-0.39, 0.29) is 19.1 Å². The van der Waals surface area contributed by atoms with Crippen LogP contribution in [0.2, 0.25) is 0 Å². The summed E-state index contributed by atoms with van der Waals surface area (Å²) >= 11 is 0. The standard InChI is InChI=1S/C17H23NO3/c1-5-18(12-17(3,4)21)16(20)15-9-8-13(2)14(11-15)7-6-10-19/h8-9,11,19,21H,5,10,12H2,1-4H3. The lowest BCUT2D eigenvalue weighted by atomic mass is 10.0. The van der Waals surface area contributed by atoms with E-state index in [0.29, 0.717) is 12.1 Å². The Hall–Kier alpha value is -1.83. The van der Waals surface area contributed by atoms with Crippen molar-refractivity contribution >= 4 is 5.91 Å². The quantitative estimate of drug-likeness (QED) is 0.827. The van der Waals surface area contributed by atoms with Crippen molar-refractivity contribution in [3.05, 3.63) is 34.9 Å². The number of amides is 1. The van der Waals surface area contributed by atoms with E-state index in [9.17, 15) is 9.90 Å². The van der Waals surface area contributed by atoms with Gasteiger partial charge in [0, 0.05) is 24.2 Å². The molecule has 1 amide bonds. The fourth-order valence-electron chi connectivity index (χ4n) is 2.00. The summed E-state index contributed by atoms with van der Waals surface area (Å²) in [6.07, 6.45) is 0. The average molecular weight is 289 g/mol. The van der Waals surface area contributed by atoms with Crippen LogP contribution in [0, 0.1) is 18.8 Å². The van der Waals surface area contributed by atoms with Gasteiger partial charge in [-0.15, -0.1) is 0 Å². The van der Waals surface area contributed by atoms with Gasteiger partial charge in [0.2, 0.25) is 0 Å². The van der Waals surface area contributed by atoms with Crippen LogP contribution in [-0.2, 0) is 0 Å². The van der Waals surface area contributed by atoms with Crippen LogP contribution < -0.4 is 0 Å². The number of aliphatic hydroxyl groups excluding tert-OH is 1. The highest BCUT2D eigenvalue weighted by Crippen LogP contribution is 2.14. The molecule has 0 aromatic heterocycles. The molecule has 0 aliphatic carbocycles. The Morgan fingerprint density at radius 2 is 2.05 bits per heavy atom. The summed E-state index contributed by atoms with van der Waals surface area (Å²) in [5.74, 6) is 5.30. The summed E-state index contributed by atoms with van der Waals surface area (Å²) < 4.78 is 0. The zero-order valence-electron chi connectivity index (χ0n) is 13.1. The number of hydrogen-bond acceptors (Lipinski definition) is 3. The molecule has 0 saturated heterocycles. The maximum atomic E-state index is 12.5. The van der Waals surface area contributed by atoms with Crippen molar-refractivity contribution in [1.82, 2.24) is 4.90 Å². The summed E-state index contributed by atoms with van der Waals surface area (Å²) in [5, 5.41) is 18.7. The first kappa shape index (κ1) is 17.2. The predicted octanol–water partition coefficient (Wildman–Crippen LogP) is 1.57. The van der Waals surface area contributed by atoms with Crippen LogP contribution in [0.15, 0.2) is 18.2 Å². The molecule has 21 heavy (non-hydrogen) atoms. The van der Waals surface area contributed by atoms with Crippen LogP contribution in [-0.4, -0.2) is 46.3 Å². The van der Waals surface area contributed by atoms with E-state index in [1.165, 1.54) is 0 Å². The number of aryl methyl sites for hydroxylation is 1. The first-order valence-electron chi connectivity index (χ1n) is 7.00. The molecule has 0 saturated carbocycles. The van der Waals surface area contributed by atoms with Crippen molar-refractivity contribution in [2.24, 2.45) is 0 Å². The molecule has 0 bridgehead atoms. The number of nitrogens with zero attached hydrogens (tertiary/aromatic N) is 1. The van der Waals surface area contributed by atoms with Gasteiger partial charge in [0.25, 0.3) is 5.91 Å². The van der Waals surface area contributed by atoms with Crippen LogP contribution in [0.4, 0.5) is 0 Å². The molecule has 0 fully saturated rings. The molecule has 1 aromatic carbocycles. The molecular weight excluding hydrogens is 266 g/mol. The molecule has 0 aliphatic rings. The van der Waals surface area contributed by atoms with E-state index in [2.05, 4.69) is 11.8 Å². The topological polar surface area (TPSA) is 60.8 Å². The molecule has 114 valence electrons. The van der Waals surface area contributed by atoms with Gasteiger partial charge < -0.3 is 15.1 Å². The van der Waals surface area contributed by atoms with Crippen LogP contribution in [0.1, 0.15) is 42.3 Å². The number of likely N-dealkylation sites (N-methyl/N-ethyl adjacent to an activating group) is 1. The largest absolute Gasteiger partial charge is 0.389 e. The second-order valence-electron chi connectivity index (χ2n) is 5.62. The lowest BCUT2D eigenvalue weighted by Gasteiger charge is -2.28. The minimum absolute atomic E-state index is 0.133. The highest BCUT2D eigenvalue weighted by molar-refractivity contribution is 5.94. The van der Waals surface area contributed by atoms with Gasteiger partial charge in [-0.1, -0.05) is 17.9 Å². The van der Waals surface area contributed by atoms with Crippen molar-refractivity contribution in [2.75, 3.05) is 19.7 Å². The van der Waals surface area contributed by atoms with E-state index < -0.39 is 5.60 Å². The first-order chi connectivity index (χ1) is 9.78. The maximum Gasteiger partial charge on any atom is 0.253 e. The van der Waals surface area contributed by atoms with Gasteiger partial charge in [-0.3, -0.25) is 4.79 Å². The van der Waals surface area contributed by atoms with Crippen molar-refractivity contribution in [1.29, 1.82) is 0 Å². The number of hydrogen-bond donors (Lipinski definition) is 2. The smallest absolute Gasteiger partial charge is 0.253 e. The van der Waals surface area contributed by atoms with Crippen LogP contribution in [0.3, 0.4) is 0 Å². The minimum Gasteiger partial charge on any atom is -0.389 e. The van der Waals surface area contributed by atoms with Crippen molar-refractivity contribution in [2.45, 2.75) is 33.3 Å². The molecule has 0 atom stereocenters. The fraction of sp³-hybridized carbons (Fsp3) is 0.471. The first-order valence-corrected chi connectivity index (χ1v) is 7.00. The van der Waals surface area contributed by atoms with Gasteiger partial charge in [-0.25, -0.2) is 0 Å². The van der Waals surface area contributed by atoms with E-state index in [1.807, 2.05) is 19.9 Å². The molecule has 1 rings (SSSR count). The van der Waals surface area contributed by atoms with Gasteiger partial charge in [-0.2, -0.15) is 0 Å². The van der Waals surface area contributed by atoms with Gasteiger partial charge >= 0.3 is 0 Å². The minimum atomic E-state index is -0.935. The predicted molar refractivity (Wildman–Crippen MR) is 83.0 cm³/mol. The van der Waals surface area contributed by atoms with E-state index in [4.69, 9.17) is 5.11 Å². The van der Waals surface area contributed by atoms with Crippen molar-refractivity contribution < 1.29 is 15.0 Å². The van der Waals surface area contributed by atoms with Crippen LogP contribution >= 0.6 is 0 Å². The third-order valence-corrected chi connectivity index (χ3v) is 3.03. The number of benzene rings is 1. The SMILES string of the molecule is CCN(CC(C)(C)O)C(=O)c1ccc(C)c(C#CCO)c1. The van der Waals surface area contributed by atoms with E-state index in [0.717, 1.165) is 11.1 Å². The number of carbonyl (C=O) groups excluding carboxylic acids is 1. The Bertz CT molecular complexity index is 562. The maximum absolute atomic E-state index is 12.5.